The lowest BCUT2D eigenvalue weighted by atomic mass is 10.1. The number of ether oxygens (including phenoxy) is 2. The predicted molar refractivity (Wildman–Crippen MR) is 77.8 cm³/mol. The van der Waals surface area contributed by atoms with Gasteiger partial charge in [0.1, 0.15) is 17.6 Å². The molecule has 24 heavy (non-hydrogen) atoms. The molecule has 1 aromatic heterocycles. The van der Waals surface area contributed by atoms with Gasteiger partial charge in [0.2, 0.25) is 5.88 Å². The van der Waals surface area contributed by atoms with Gasteiger partial charge in [-0.25, -0.2) is 5.48 Å². The van der Waals surface area contributed by atoms with Gasteiger partial charge in [-0.3, -0.25) is 9.82 Å². The van der Waals surface area contributed by atoms with E-state index in [9.17, 15) is 13.2 Å². The highest BCUT2D eigenvalue weighted by Crippen LogP contribution is 2.28. The number of nitrogens with one attached hydrogen (secondary N) is 1. The lowest BCUT2D eigenvalue weighted by Gasteiger charge is -2.11. The Hall–Kier alpha value is -2.74. The van der Waals surface area contributed by atoms with E-state index >= 15 is 0 Å². The normalized spacial score (nSPS) is 17.2. The molecule has 3 rings (SSSR count). The van der Waals surface area contributed by atoms with E-state index in [1.165, 1.54) is 24.3 Å². The zero-order chi connectivity index (χ0) is 17.2. The minimum Gasteiger partial charge on any atom is -0.439 e. The SMILES string of the molecule is Cc1cc(OC2=C[C@H](c3ccc(OC(F)(F)F)cc3)ON2)ccn1. The summed E-state index contributed by atoms with van der Waals surface area (Å²) in [7, 11) is 0. The van der Waals surface area contributed by atoms with Gasteiger partial charge in [0.15, 0.2) is 0 Å². The first-order valence-corrected chi connectivity index (χ1v) is 6.99. The zero-order valence-electron chi connectivity index (χ0n) is 12.5. The Balaban J connectivity index is 1.67. The Morgan fingerprint density at radius 1 is 1.12 bits per heavy atom. The first kappa shape index (κ1) is 16.1. The van der Waals surface area contributed by atoms with Gasteiger partial charge in [0.25, 0.3) is 0 Å². The molecule has 1 atom stereocenters. The number of rotatable bonds is 4. The summed E-state index contributed by atoms with van der Waals surface area (Å²) in [5.74, 6) is 0.700. The van der Waals surface area contributed by atoms with Gasteiger partial charge in [0, 0.05) is 24.0 Å². The topological polar surface area (TPSA) is 52.6 Å². The summed E-state index contributed by atoms with van der Waals surface area (Å²) < 4.78 is 45.9. The second-order valence-electron chi connectivity index (χ2n) is 5.02. The molecule has 0 bridgehead atoms. The van der Waals surface area contributed by atoms with Crippen LogP contribution in [0.1, 0.15) is 17.4 Å². The van der Waals surface area contributed by atoms with Crippen molar-refractivity contribution >= 4 is 0 Å². The van der Waals surface area contributed by atoms with Crippen molar-refractivity contribution in [2.24, 2.45) is 0 Å². The van der Waals surface area contributed by atoms with E-state index in [1.54, 1.807) is 24.4 Å². The average molecular weight is 338 g/mol. The fraction of sp³-hybridized carbons (Fsp3) is 0.188. The molecule has 0 amide bonds. The van der Waals surface area contributed by atoms with E-state index < -0.39 is 12.5 Å². The van der Waals surface area contributed by atoms with E-state index in [0.29, 0.717) is 17.2 Å². The van der Waals surface area contributed by atoms with Gasteiger partial charge in [0.05, 0.1) is 0 Å². The molecule has 0 radical (unpaired) electrons. The molecule has 0 saturated heterocycles. The highest BCUT2D eigenvalue weighted by molar-refractivity contribution is 5.32. The molecule has 2 heterocycles. The summed E-state index contributed by atoms with van der Waals surface area (Å²) in [6.45, 7) is 1.84. The van der Waals surface area contributed by atoms with Crippen molar-refractivity contribution in [2.75, 3.05) is 0 Å². The van der Waals surface area contributed by atoms with Crippen molar-refractivity contribution in [3.8, 4) is 11.5 Å². The minimum absolute atomic E-state index is 0.287. The number of alkyl halides is 3. The van der Waals surface area contributed by atoms with Crippen LogP contribution in [0, 0.1) is 6.92 Å². The largest absolute Gasteiger partial charge is 0.573 e. The lowest BCUT2D eigenvalue weighted by molar-refractivity contribution is -0.274. The van der Waals surface area contributed by atoms with Crippen molar-refractivity contribution < 1.29 is 27.5 Å². The number of halogens is 3. The number of hydrogen-bond acceptors (Lipinski definition) is 5. The number of hydroxylamine groups is 1. The molecule has 0 aliphatic carbocycles. The number of aromatic nitrogens is 1. The Morgan fingerprint density at radius 3 is 2.54 bits per heavy atom. The standard InChI is InChI=1S/C16H13F3N2O3/c1-10-8-13(6-7-20-10)22-15-9-14(24-21-15)11-2-4-12(5-3-11)23-16(17,18)19/h2-9,14,21H,1H3/t14-/m1/s1. The third kappa shape index (κ3) is 4.17. The van der Waals surface area contributed by atoms with Crippen LogP contribution in [0.2, 0.25) is 0 Å². The molecule has 1 aliphatic heterocycles. The summed E-state index contributed by atoms with van der Waals surface area (Å²) >= 11 is 0. The molecule has 0 spiro atoms. The van der Waals surface area contributed by atoms with Crippen molar-refractivity contribution in [2.45, 2.75) is 19.4 Å². The van der Waals surface area contributed by atoms with E-state index in [4.69, 9.17) is 9.57 Å². The van der Waals surface area contributed by atoms with E-state index in [0.717, 1.165) is 5.69 Å². The van der Waals surface area contributed by atoms with E-state index in [1.807, 2.05) is 6.92 Å². The third-order valence-electron chi connectivity index (χ3n) is 3.13. The van der Waals surface area contributed by atoms with Gasteiger partial charge < -0.3 is 9.47 Å². The first-order chi connectivity index (χ1) is 11.4. The molecule has 1 aromatic carbocycles. The molecule has 5 nitrogen and oxygen atoms in total. The maximum atomic E-state index is 12.1. The summed E-state index contributed by atoms with van der Waals surface area (Å²) in [6.07, 6.45) is -1.90. The monoisotopic (exact) mass is 338 g/mol. The lowest BCUT2D eigenvalue weighted by Crippen LogP contribution is -2.17. The number of hydrogen-bond donors (Lipinski definition) is 1. The second kappa shape index (κ2) is 6.40. The minimum atomic E-state index is -4.71. The molecule has 8 heteroatoms. The molecular formula is C16H13F3N2O3. The highest BCUT2D eigenvalue weighted by atomic mass is 19.4. The molecule has 0 saturated carbocycles. The van der Waals surface area contributed by atoms with Gasteiger partial charge >= 0.3 is 6.36 Å². The quantitative estimate of drug-likeness (QED) is 0.919. The Labute approximate surface area is 135 Å². The Kier molecular flexibility index (Phi) is 4.30. The number of pyridine rings is 1. The molecule has 1 N–H and O–H groups in total. The van der Waals surface area contributed by atoms with Crippen LogP contribution in [0.3, 0.4) is 0 Å². The predicted octanol–water partition coefficient (Wildman–Crippen LogP) is 3.78. The zero-order valence-corrected chi connectivity index (χ0v) is 12.5. The fourth-order valence-corrected chi connectivity index (χ4v) is 2.12. The van der Waals surface area contributed by atoms with Crippen LogP contribution in [-0.4, -0.2) is 11.3 Å². The van der Waals surface area contributed by atoms with E-state index in [-0.39, 0.29) is 5.75 Å². The number of aryl methyl sites for hydroxylation is 1. The van der Waals surface area contributed by atoms with Crippen LogP contribution in [0.25, 0.3) is 0 Å². The maximum absolute atomic E-state index is 12.1. The molecular weight excluding hydrogens is 325 g/mol. The summed E-state index contributed by atoms with van der Waals surface area (Å²) in [5.41, 5.74) is 4.10. The molecule has 0 fully saturated rings. The van der Waals surface area contributed by atoms with Crippen LogP contribution >= 0.6 is 0 Å². The van der Waals surface area contributed by atoms with Crippen LogP contribution in [0.15, 0.2) is 54.6 Å². The van der Waals surface area contributed by atoms with E-state index in [2.05, 4.69) is 15.2 Å². The summed E-state index contributed by atoms with van der Waals surface area (Å²) in [4.78, 5) is 9.42. The average Bonchev–Trinajstić information content (AvgIpc) is 2.95. The van der Waals surface area contributed by atoms with Crippen LogP contribution < -0.4 is 15.0 Å². The molecule has 1 aliphatic rings. The Bertz CT molecular complexity index is 745. The van der Waals surface area contributed by atoms with Crippen molar-refractivity contribution in [3.63, 3.8) is 0 Å². The molecule has 126 valence electrons. The van der Waals surface area contributed by atoms with Crippen LogP contribution in [-0.2, 0) is 4.84 Å². The van der Waals surface area contributed by atoms with Gasteiger partial charge in [-0.2, -0.15) is 0 Å². The third-order valence-corrected chi connectivity index (χ3v) is 3.13. The molecule has 2 aromatic rings. The van der Waals surface area contributed by atoms with Crippen molar-refractivity contribution in [3.05, 3.63) is 65.8 Å². The van der Waals surface area contributed by atoms with Gasteiger partial charge in [-0.05, 0) is 30.7 Å². The highest BCUT2D eigenvalue weighted by Gasteiger charge is 2.31. The fourth-order valence-electron chi connectivity index (χ4n) is 2.12. The van der Waals surface area contributed by atoms with Crippen LogP contribution in [0.4, 0.5) is 13.2 Å². The van der Waals surface area contributed by atoms with Crippen LogP contribution in [0.5, 0.6) is 11.5 Å². The summed E-state index contributed by atoms with van der Waals surface area (Å²) in [5, 5.41) is 0. The smallest absolute Gasteiger partial charge is 0.439 e. The number of nitrogens with zero attached hydrogens (tertiary/aromatic N) is 1. The van der Waals surface area contributed by atoms with Crippen molar-refractivity contribution in [1.82, 2.24) is 10.5 Å². The second-order valence-corrected chi connectivity index (χ2v) is 5.02. The van der Waals surface area contributed by atoms with Gasteiger partial charge in [-0.15, -0.1) is 13.2 Å². The van der Waals surface area contributed by atoms with Crippen molar-refractivity contribution in [1.29, 1.82) is 0 Å². The maximum Gasteiger partial charge on any atom is 0.573 e. The summed E-state index contributed by atoms with van der Waals surface area (Å²) in [6, 6.07) is 8.90. The number of benzene rings is 1. The molecule has 0 unspecified atom stereocenters. The first-order valence-electron chi connectivity index (χ1n) is 6.99. The Morgan fingerprint density at radius 2 is 1.88 bits per heavy atom. The van der Waals surface area contributed by atoms with Gasteiger partial charge in [-0.1, -0.05) is 12.1 Å².